The Morgan fingerprint density at radius 3 is 2.63 bits per heavy atom. The molecule has 2 amide bonds. The number of rotatable bonds is 15. The van der Waals surface area contributed by atoms with Crippen LogP contribution in [-0.4, -0.2) is 88.4 Å². The van der Waals surface area contributed by atoms with E-state index in [1.54, 1.807) is 24.0 Å². The summed E-state index contributed by atoms with van der Waals surface area (Å²) < 4.78 is 30.6. The molecule has 0 fully saturated rings. The van der Waals surface area contributed by atoms with Crippen LogP contribution in [0.2, 0.25) is 0 Å². The maximum Gasteiger partial charge on any atom is 0.312 e. The average Bonchev–Trinajstić information content (AvgIpc) is 3.86. The van der Waals surface area contributed by atoms with E-state index in [-0.39, 0.29) is 23.5 Å². The van der Waals surface area contributed by atoms with Crippen LogP contribution < -0.4 is 20.3 Å². The number of carbonyl (C=O) groups excluding carboxylic acids is 2. The maximum absolute atomic E-state index is 13.4. The number of fused-ring (bicyclic) bond motifs is 2. The Morgan fingerprint density at radius 1 is 1.05 bits per heavy atom. The summed E-state index contributed by atoms with van der Waals surface area (Å²) in [6.07, 6.45) is 5.81. The van der Waals surface area contributed by atoms with Gasteiger partial charge in [0.15, 0.2) is 10.9 Å². The number of thioether (sulfide) groups is 1. The summed E-state index contributed by atoms with van der Waals surface area (Å²) >= 11 is 2.74. The van der Waals surface area contributed by atoms with Crippen molar-refractivity contribution in [3.63, 3.8) is 0 Å². The third-order valence-corrected chi connectivity index (χ3v) is 12.5. The third-order valence-electron chi connectivity index (χ3n) is 9.16. The zero-order valence-corrected chi connectivity index (χ0v) is 33.3. The van der Waals surface area contributed by atoms with E-state index in [2.05, 4.69) is 25.6 Å². The minimum atomic E-state index is -4.59. The van der Waals surface area contributed by atoms with Crippen molar-refractivity contribution in [3.8, 4) is 0 Å². The molecule has 0 radical (unpaired) electrons. The van der Waals surface area contributed by atoms with Crippen LogP contribution in [-0.2, 0) is 23.0 Å². The molecule has 0 spiro atoms. The number of aromatic nitrogens is 4. The Kier molecular flexibility index (Phi) is 11.8. The van der Waals surface area contributed by atoms with Crippen LogP contribution in [0.15, 0.2) is 107 Å². The van der Waals surface area contributed by atoms with Crippen LogP contribution in [0, 0.1) is 10.1 Å². The predicted octanol–water partition coefficient (Wildman–Crippen LogP) is 5.55. The number of sulfonamides is 1. The zero-order valence-electron chi connectivity index (χ0n) is 30.9. The van der Waals surface area contributed by atoms with Gasteiger partial charge in [-0.15, -0.1) is 23.1 Å². The van der Waals surface area contributed by atoms with Crippen LogP contribution in [0.3, 0.4) is 0 Å². The van der Waals surface area contributed by atoms with Crippen LogP contribution in [0.1, 0.15) is 38.4 Å². The van der Waals surface area contributed by atoms with Gasteiger partial charge in [-0.3, -0.25) is 19.7 Å². The van der Waals surface area contributed by atoms with Crippen LogP contribution in [0.4, 0.5) is 22.5 Å². The van der Waals surface area contributed by atoms with E-state index in [9.17, 15) is 28.1 Å². The van der Waals surface area contributed by atoms with Crippen molar-refractivity contribution in [2.24, 2.45) is 0 Å². The van der Waals surface area contributed by atoms with Crippen LogP contribution in [0.25, 0.3) is 5.65 Å². The smallest absolute Gasteiger partial charge is 0.312 e. The molecule has 0 aliphatic carbocycles. The molecule has 1 aliphatic heterocycles. The Morgan fingerprint density at radius 2 is 1.86 bits per heavy atom. The topological polar surface area (TPSA) is 197 Å². The van der Waals surface area contributed by atoms with Gasteiger partial charge in [0.25, 0.3) is 21.8 Å². The lowest BCUT2D eigenvalue weighted by atomic mass is 9.94. The van der Waals surface area contributed by atoms with Gasteiger partial charge in [0.05, 0.1) is 17.3 Å². The highest BCUT2D eigenvalue weighted by Crippen LogP contribution is 2.31. The number of hydrogen-bond acceptors (Lipinski definition) is 14. The Labute approximate surface area is 336 Å². The first-order valence-corrected chi connectivity index (χ1v) is 21.2. The number of pyridine rings is 2. The minimum Gasteiger partial charge on any atom is -0.361 e. The van der Waals surface area contributed by atoms with Gasteiger partial charge in [0.2, 0.25) is 5.82 Å². The zero-order chi connectivity index (χ0) is 40.1. The summed E-state index contributed by atoms with van der Waals surface area (Å²) in [7, 11) is -0.728. The van der Waals surface area contributed by atoms with E-state index >= 15 is 0 Å². The van der Waals surface area contributed by atoms with Crippen molar-refractivity contribution in [3.05, 3.63) is 129 Å². The first kappa shape index (κ1) is 39.3. The fraction of sp³-hybridized carbons (Fsp3) is 0.237. The van der Waals surface area contributed by atoms with Crippen molar-refractivity contribution in [2.45, 2.75) is 35.2 Å². The fourth-order valence-electron chi connectivity index (χ4n) is 6.23. The second kappa shape index (κ2) is 17.1. The number of nitrogens with zero attached hydrogens (tertiary/aromatic N) is 7. The number of anilines is 3. The summed E-state index contributed by atoms with van der Waals surface area (Å²) in [4.78, 5) is 55.6. The molecule has 7 rings (SSSR count). The molecule has 1 atom stereocenters. The summed E-state index contributed by atoms with van der Waals surface area (Å²) in [5.41, 5.74) is 2.30. The Hall–Kier alpha value is -5.89. The van der Waals surface area contributed by atoms with Gasteiger partial charge in [0.1, 0.15) is 16.2 Å². The molecule has 2 aromatic carbocycles. The van der Waals surface area contributed by atoms with Crippen molar-refractivity contribution >= 4 is 73.0 Å². The van der Waals surface area contributed by atoms with E-state index in [1.807, 2.05) is 99.9 Å². The van der Waals surface area contributed by atoms with Gasteiger partial charge in [-0.2, -0.15) is 0 Å². The summed E-state index contributed by atoms with van der Waals surface area (Å²) in [6.45, 7) is 1.58. The highest BCUT2D eigenvalue weighted by atomic mass is 32.2. The Bertz CT molecular complexity index is 2510. The molecule has 19 heteroatoms. The lowest BCUT2D eigenvalue weighted by Gasteiger charge is -2.29. The fourth-order valence-corrected chi connectivity index (χ4v) is 8.98. The summed E-state index contributed by atoms with van der Waals surface area (Å²) in [6, 6.07) is 21.5. The van der Waals surface area contributed by atoms with Gasteiger partial charge >= 0.3 is 5.69 Å². The van der Waals surface area contributed by atoms with E-state index in [0.29, 0.717) is 60.4 Å². The largest absolute Gasteiger partial charge is 0.361 e. The summed E-state index contributed by atoms with van der Waals surface area (Å²) in [5, 5.41) is 20.1. The number of nitro groups is 1. The second-order valence-corrected chi connectivity index (χ2v) is 17.1. The van der Waals surface area contributed by atoms with E-state index < -0.39 is 31.4 Å². The van der Waals surface area contributed by atoms with Crippen LogP contribution >= 0.6 is 23.1 Å². The predicted molar refractivity (Wildman–Crippen MR) is 220 cm³/mol. The third kappa shape index (κ3) is 9.39. The normalized spacial score (nSPS) is 13.3. The molecule has 16 nitrogen and oxygen atoms in total. The number of benzene rings is 2. The number of amides is 2. The van der Waals surface area contributed by atoms with Crippen molar-refractivity contribution in [1.29, 1.82) is 0 Å². The molecule has 5 heterocycles. The van der Waals surface area contributed by atoms with Crippen LogP contribution in [0.5, 0.6) is 0 Å². The van der Waals surface area contributed by atoms with E-state index in [4.69, 9.17) is 0 Å². The Balaban J connectivity index is 1.02. The van der Waals surface area contributed by atoms with Crippen molar-refractivity contribution < 1.29 is 22.9 Å². The first-order chi connectivity index (χ1) is 27.4. The molecule has 0 unspecified atom stereocenters. The SMILES string of the molecule is CN(C)CC[C@H](CSc1ccccc1)Nc1ncc(S(=O)(=O)NC(=O)c2csc(N3CCc4cccc(C(=O)Nc5cn6ccccc6n5)c4C3)n2)cc1[N+](=O)[O-]. The van der Waals surface area contributed by atoms with Gasteiger partial charge < -0.3 is 24.8 Å². The second-order valence-electron chi connectivity index (χ2n) is 13.5. The number of carbonyl (C=O) groups is 2. The minimum absolute atomic E-state index is 0.0780. The summed E-state index contributed by atoms with van der Waals surface area (Å²) in [5.74, 6) is -0.406. The molecule has 0 bridgehead atoms. The molecule has 1 aliphatic rings. The molecule has 294 valence electrons. The van der Waals surface area contributed by atoms with Gasteiger partial charge in [-0.1, -0.05) is 36.4 Å². The molecule has 0 saturated heterocycles. The monoisotopic (exact) mass is 826 g/mol. The lowest BCUT2D eigenvalue weighted by Crippen LogP contribution is -2.33. The van der Waals surface area contributed by atoms with Gasteiger partial charge in [0, 0.05) is 53.0 Å². The van der Waals surface area contributed by atoms with E-state index in [0.717, 1.165) is 39.6 Å². The average molecular weight is 827 g/mol. The number of imidazole rings is 1. The lowest BCUT2D eigenvalue weighted by molar-refractivity contribution is -0.384. The molecular weight excluding hydrogens is 789 g/mol. The molecular formula is C38H38N10O6S3. The van der Waals surface area contributed by atoms with Gasteiger partial charge in [-0.05, 0) is 74.9 Å². The molecule has 3 N–H and O–H groups in total. The number of nitrogens with one attached hydrogen (secondary N) is 3. The quantitative estimate of drug-likeness (QED) is 0.0663. The standard InChI is InChI=1S/C38H38N10O6S3/c1-45(2)17-15-26(23-55-27-10-4-3-5-11-27)40-35-32(48(51)52)19-28(20-39-35)57(53,54)44-37(50)31-24-56-38(41-31)47-18-14-25-9-8-12-29(30(25)21-47)36(49)43-33-22-46-16-7-6-13-34(46)42-33/h3-13,16,19-20,22,24,26H,14-15,17-18,21,23H2,1-2H3,(H,39,40)(H,43,49)(H,44,50)/t26-/m1/s1. The maximum atomic E-state index is 13.4. The molecule has 0 saturated carbocycles. The number of hydrogen-bond donors (Lipinski definition) is 3. The molecule has 6 aromatic rings. The van der Waals surface area contributed by atoms with Crippen molar-refractivity contribution in [2.75, 3.05) is 48.5 Å². The highest BCUT2D eigenvalue weighted by molar-refractivity contribution is 7.99. The highest BCUT2D eigenvalue weighted by Gasteiger charge is 2.29. The molecule has 57 heavy (non-hydrogen) atoms. The van der Waals surface area contributed by atoms with E-state index in [1.165, 1.54) is 5.38 Å². The first-order valence-electron chi connectivity index (χ1n) is 17.8. The number of thiazole rings is 1. The van der Waals surface area contributed by atoms with Crippen molar-refractivity contribution in [1.82, 2.24) is 29.0 Å². The van der Waals surface area contributed by atoms with Gasteiger partial charge in [-0.25, -0.2) is 28.1 Å². The molecule has 4 aromatic heterocycles.